The molecule has 0 amide bonds. The van der Waals surface area contributed by atoms with Crippen LogP contribution in [0, 0.1) is 3.70 Å². The van der Waals surface area contributed by atoms with E-state index >= 15 is 0 Å². The zero-order valence-electron chi connectivity index (χ0n) is 7.64. The lowest BCUT2D eigenvalue weighted by Gasteiger charge is -2.03. The number of aromatic nitrogens is 2. The summed E-state index contributed by atoms with van der Waals surface area (Å²) < 4.78 is 2.99. The average molecular weight is 316 g/mol. The van der Waals surface area contributed by atoms with E-state index in [-0.39, 0.29) is 0 Å². The summed E-state index contributed by atoms with van der Waals surface area (Å²) in [5.41, 5.74) is 1.11. The van der Waals surface area contributed by atoms with Gasteiger partial charge in [-0.25, -0.2) is 4.68 Å². The molecule has 0 fully saturated rings. The molecule has 2 nitrogen and oxygen atoms in total. The van der Waals surface area contributed by atoms with Gasteiger partial charge in [-0.1, -0.05) is 18.2 Å². The molecule has 4 heteroatoms. The number of para-hydroxylation sites is 1. The Bertz CT molecular complexity index is 425. The molecule has 0 N–H and O–H groups in total. The largest absolute Gasteiger partial charge is 0.226 e. The highest BCUT2D eigenvalue weighted by Gasteiger charge is 2.05. The van der Waals surface area contributed by atoms with Crippen molar-refractivity contribution in [3.8, 4) is 5.69 Å². The van der Waals surface area contributed by atoms with Crippen molar-refractivity contribution in [2.45, 2.75) is 5.03 Å². The molecule has 72 valence electrons. The molecule has 2 aromatic rings. The molecule has 14 heavy (non-hydrogen) atoms. The third kappa shape index (κ3) is 1.95. The average Bonchev–Trinajstić information content (AvgIpc) is 2.61. The topological polar surface area (TPSA) is 17.8 Å². The highest BCUT2D eigenvalue weighted by molar-refractivity contribution is 14.1. The lowest BCUT2D eigenvalue weighted by atomic mass is 10.3. The zero-order chi connectivity index (χ0) is 9.97. The summed E-state index contributed by atoms with van der Waals surface area (Å²) in [6, 6.07) is 12.3. The van der Waals surface area contributed by atoms with E-state index < -0.39 is 0 Å². The molecule has 0 saturated heterocycles. The number of rotatable bonds is 2. The van der Waals surface area contributed by atoms with E-state index in [0.717, 1.165) is 9.39 Å². The van der Waals surface area contributed by atoms with Crippen LogP contribution in [-0.4, -0.2) is 16.0 Å². The number of nitrogens with zero attached hydrogens (tertiary/aromatic N) is 2. The smallest absolute Gasteiger partial charge is 0.124 e. The fourth-order valence-corrected chi connectivity index (χ4v) is 2.51. The second-order valence-corrected chi connectivity index (χ2v) is 4.69. The minimum absolute atomic E-state index is 1.02. The molecule has 0 saturated carbocycles. The van der Waals surface area contributed by atoms with Crippen molar-refractivity contribution in [3.05, 3.63) is 40.1 Å². The molecule has 1 heterocycles. The van der Waals surface area contributed by atoms with E-state index in [2.05, 4.69) is 52.1 Å². The molecule has 0 unspecified atom stereocenters. The highest BCUT2D eigenvalue weighted by Crippen LogP contribution is 2.21. The van der Waals surface area contributed by atoms with E-state index in [1.54, 1.807) is 11.8 Å². The van der Waals surface area contributed by atoms with Crippen LogP contribution < -0.4 is 0 Å². The Morgan fingerprint density at radius 2 is 2.00 bits per heavy atom. The van der Waals surface area contributed by atoms with E-state index in [9.17, 15) is 0 Å². The van der Waals surface area contributed by atoms with Crippen LogP contribution in [-0.2, 0) is 0 Å². The third-order valence-corrected chi connectivity index (χ3v) is 3.09. The SMILES string of the molecule is CSc1cc(I)nn1-c1ccccc1. The lowest BCUT2D eigenvalue weighted by Crippen LogP contribution is -1.97. The van der Waals surface area contributed by atoms with Crippen LogP contribution in [0.2, 0.25) is 0 Å². The Balaban J connectivity index is 2.51. The van der Waals surface area contributed by atoms with Gasteiger partial charge in [0.2, 0.25) is 0 Å². The van der Waals surface area contributed by atoms with Crippen molar-refractivity contribution in [3.63, 3.8) is 0 Å². The molecule has 0 radical (unpaired) electrons. The first-order chi connectivity index (χ1) is 6.81. The summed E-state index contributed by atoms with van der Waals surface area (Å²) in [5, 5.41) is 5.60. The van der Waals surface area contributed by atoms with Crippen LogP contribution in [0.15, 0.2) is 41.4 Å². The Labute approximate surface area is 101 Å². The van der Waals surface area contributed by atoms with Crippen LogP contribution in [0.25, 0.3) is 5.69 Å². The van der Waals surface area contributed by atoms with Crippen molar-refractivity contribution in [2.75, 3.05) is 6.26 Å². The Morgan fingerprint density at radius 1 is 1.29 bits per heavy atom. The third-order valence-electron chi connectivity index (χ3n) is 1.86. The van der Waals surface area contributed by atoms with Crippen LogP contribution in [0.5, 0.6) is 0 Å². The maximum absolute atomic E-state index is 4.43. The monoisotopic (exact) mass is 316 g/mol. The number of hydrogen-bond donors (Lipinski definition) is 0. The highest BCUT2D eigenvalue weighted by atomic mass is 127. The molecule has 2 rings (SSSR count). The first-order valence-electron chi connectivity index (χ1n) is 4.16. The van der Waals surface area contributed by atoms with Gasteiger partial charge in [-0.05, 0) is 41.0 Å². The summed E-state index contributed by atoms with van der Waals surface area (Å²) in [7, 11) is 0. The molecule has 0 aliphatic heterocycles. The number of halogens is 1. The quantitative estimate of drug-likeness (QED) is 0.625. The van der Waals surface area contributed by atoms with Crippen LogP contribution in [0.1, 0.15) is 0 Å². The number of thioether (sulfide) groups is 1. The molecule has 0 atom stereocenters. The first kappa shape index (κ1) is 10.0. The minimum Gasteiger partial charge on any atom is -0.226 e. The zero-order valence-corrected chi connectivity index (χ0v) is 10.6. The molecular weight excluding hydrogens is 307 g/mol. The van der Waals surface area contributed by atoms with Crippen molar-refractivity contribution < 1.29 is 0 Å². The Hall–Kier alpha value is -0.490. The minimum atomic E-state index is 1.02. The Morgan fingerprint density at radius 3 is 2.64 bits per heavy atom. The summed E-state index contributed by atoms with van der Waals surface area (Å²) in [4.78, 5) is 0. The van der Waals surface area contributed by atoms with E-state index in [1.165, 1.54) is 5.03 Å². The summed E-state index contributed by atoms with van der Waals surface area (Å²) in [6.07, 6.45) is 2.06. The van der Waals surface area contributed by atoms with Crippen molar-refractivity contribution in [1.29, 1.82) is 0 Å². The van der Waals surface area contributed by atoms with Crippen molar-refractivity contribution >= 4 is 34.4 Å². The predicted octanol–water partition coefficient (Wildman–Crippen LogP) is 3.20. The molecule has 0 spiro atoms. The molecule has 0 bridgehead atoms. The van der Waals surface area contributed by atoms with Crippen LogP contribution in [0.3, 0.4) is 0 Å². The molecular formula is C10H9IN2S. The van der Waals surface area contributed by atoms with Gasteiger partial charge in [0.25, 0.3) is 0 Å². The summed E-state index contributed by atoms with van der Waals surface area (Å²) in [5.74, 6) is 0. The van der Waals surface area contributed by atoms with Gasteiger partial charge in [-0.2, -0.15) is 5.10 Å². The first-order valence-corrected chi connectivity index (χ1v) is 6.46. The fraction of sp³-hybridized carbons (Fsp3) is 0.100. The van der Waals surface area contributed by atoms with Crippen molar-refractivity contribution in [2.24, 2.45) is 0 Å². The fourth-order valence-electron chi connectivity index (χ4n) is 1.24. The van der Waals surface area contributed by atoms with Gasteiger partial charge in [-0.3, -0.25) is 0 Å². The van der Waals surface area contributed by atoms with Crippen molar-refractivity contribution in [1.82, 2.24) is 9.78 Å². The lowest BCUT2D eigenvalue weighted by molar-refractivity contribution is 0.798. The second-order valence-electron chi connectivity index (χ2n) is 2.76. The van der Waals surface area contributed by atoms with Gasteiger partial charge >= 0.3 is 0 Å². The summed E-state index contributed by atoms with van der Waals surface area (Å²) in [6.45, 7) is 0. The molecule has 0 aliphatic carbocycles. The molecule has 0 aliphatic rings. The van der Waals surface area contributed by atoms with E-state index in [1.807, 2.05) is 22.9 Å². The standard InChI is InChI=1S/C10H9IN2S/c1-14-10-7-9(11)12-13(10)8-5-3-2-4-6-8/h2-7H,1H3. The van der Waals surface area contributed by atoms with Gasteiger partial charge in [0.1, 0.15) is 8.73 Å². The van der Waals surface area contributed by atoms with Gasteiger partial charge in [-0.15, -0.1) is 11.8 Å². The van der Waals surface area contributed by atoms with Gasteiger partial charge < -0.3 is 0 Å². The summed E-state index contributed by atoms with van der Waals surface area (Å²) >= 11 is 3.94. The Kier molecular flexibility index (Phi) is 3.12. The second kappa shape index (κ2) is 4.35. The number of hydrogen-bond acceptors (Lipinski definition) is 2. The number of benzene rings is 1. The maximum atomic E-state index is 4.43. The van der Waals surface area contributed by atoms with Gasteiger partial charge in [0.05, 0.1) is 5.69 Å². The van der Waals surface area contributed by atoms with E-state index in [0.29, 0.717) is 0 Å². The molecule has 1 aromatic heterocycles. The maximum Gasteiger partial charge on any atom is 0.124 e. The van der Waals surface area contributed by atoms with Gasteiger partial charge in [0.15, 0.2) is 0 Å². The normalized spacial score (nSPS) is 10.4. The van der Waals surface area contributed by atoms with Crippen LogP contribution >= 0.6 is 34.4 Å². The van der Waals surface area contributed by atoms with Gasteiger partial charge in [0, 0.05) is 6.07 Å². The van der Waals surface area contributed by atoms with Crippen LogP contribution in [0.4, 0.5) is 0 Å². The predicted molar refractivity (Wildman–Crippen MR) is 68.1 cm³/mol. The molecule has 1 aromatic carbocycles. The van der Waals surface area contributed by atoms with E-state index in [4.69, 9.17) is 0 Å².